The van der Waals surface area contributed by atoms with Crippen molar-refractivity contribution >= 4 is 17.8 Å². The fourth-order valence-electron chi connectivity index (χ4n) is 4.45. The Morgan fingerprint density at radius 2 is 1.72 bits per heavy atom. The zero-order valence-corrected chi connectivity index (χ0v) is 18.1. The van der Waals surface area contributed by atoms with Gasteiger partial charge in [-0.2, -0.15) is 0 Å². The fraction of sp³-hybridized carbons (Fsp3) is 0.609. The van der Waals surface area contributed by atoms with Crippen LogP contribution in [0.2, 0.25) is 0 Å². The maximum absolute atomic E-state index is 13.1. The molecular weight excluding hydrogens is 366 g/mol. The second-order valence-electron chi connectivity index (χ2n) is 8.73. The molecule has 6 nitrogen and oxygen atoms in total. The van der Waals surface area contributed by atoms with Crippen LogP contribution in [0.4, 0.5) is 4.79 Å². The fourth-order valence-corrected chi connectivity index (χ4v) is 4.45. The lowest BCUT2D eigenvalue weighted by Crippen LogP contribution is -2.58. The van der Waals surface area contributed by atoms with E-state index in [2.05, 4.69) is 45.0 Å². The average molecular weight is 400 g/mol. The van der Waals surface area contributed by atoms with E-state index in [1.165, 1.54) is 10.5 Å². The van der Waals surface area contributed by atoms with E-state index in [9.17, 15) is 14.4 Å². The number of likely N-dealkylation sites (tertiary alicyclic amines) is 1. The minimum Gasteiger partial charge on any atom is -0.342 e. The van der Waals surface area contributed by atoms with Crippen molar-refractivity contribution in [2.75, 3.05) is 26.2 Å². The first-order valence-corrected chi connectivity index (χ1v) is 10.8. The molecule has 0 unspecified atom stereocenters. The molecule has 0 aliphatic carbocycles. The van der Waals surface area contributed by atoms with Crippen molar-refractivity contribution in [2.24, 2.45) is 5.92 Å². The number of benzene rings is 1. The van der Waals surface area contributed by atoms with E-state index in [0.29, 0.717) is 45.4 Å². The molecule has 0 saturated carbocycles. The zero-order chi connectivity index (χ0) is 21.2. The summed E-state index contributed by atoms with van der Waals surface area (Å²) < 4.78 is 0. The molecule has 1 spiro atoms. The SMILES string of the molecule is CCN1C(=O)N(CC(C)C)C2(CCN(C(=O)CCc3ccc(C)cc3)CC2)C1=O. The number of aryl methyl sites for hydroxylation is 2. The summed E-state index contributed by atoms with van der Waals surface area (Å²) in [6.07, 6.45) is 2.25. The number of nitrogens with zero attached hydrogens (tertiary/aromatic N) is 3. The van der Waals surface area contributed by atoms with Crippen LogP contribution in [-0.4, -0.2) is 64.3 Å². The molecule has 6 heteroatoms. The lowest BCUT2D eigenvalue weighted by Gasteiger charge is -2.42. The van der Waals surface area contributed by atoms with Gasteiger partial charge in [-0.3, -0.25) is 14.5 Å². The summed E-state index contributed by atoms with van der Waals surface area (Å²) in [5.74, 6) is 0.326. The molecule has 29 heavy (non-hydrogen) atoms. The van der Waals surface area contributed by atoms with E-state index < -0.39 is 5.54 Å². The summed E-state index contributed by atoms with van der Waals surface area (Å²) >= 11 is 0. The van der Waals surface area contributed by atoms with E-state index in [0.717, 1.165) is 12.0 Å². The molecule has 1 aromatic carbocycles. The van der Waals surface area contributed by atoms with Gasteiger partial charge in [-0.1, -0.05) is 43.7 Å². The molecule has 0 N–H and O–H groups in total. The lowest BCUT2D eigenvalue weighted by atomic mass is 9.85. The molecule has 1 aromatic rings. The Labute approximate surface area is 173 Å². The lowest BCUT2D eigenvalue weighted by molar-refractivity contribution is -0.141. The van der Waals surface area contributed by atoms with Crippen LogP contribution in [0, 0.1) is 12.8 Å². The van der Waals surface area contributed by atoms with Crippen molar-refractivity contribution in [3.63, 3.8) is 0 Å². The van der Waals surface area contributed by atoms with E-state index in [-0.39, 0.29) is 23.8 Å². The monoisotopic (exact) mass is 399 g/mol. The molecule has 2 saturated heterocycles. The predicted octanol–water partition coefficient (Wildman–Crippen LogP) is 3.23. The van der Waals surface area contributed by atoms with Gasteiger partial charge < -0.3 is 9.80 Å². The molecule has 0 aromatic heterocycles. The molecule has 0 bridgehead atoms. The van der Waals surface area contributed by atoms with Crippen LogP contribution >= 0.6 is 0 Å². The van der Waals surface area contributed by atoms with Crippen LogP contribution in [0.5, 0.6) is 0 Å². The van der Waals surface area contributed by atoms with E-state index in [1.54, 1.807) is 4.90 Å². The largest absolute Gasteiger partial charge is 0.342 e. The van der Waals surface area contributed by atoms with Crippen molar-refractivity contribution in [1.29, 1.82) is 0 Å². The van der Waals surface area contributed by atoms with Crippen LogP contribution in [0.15, 0.2) is 24.3 Å². The van der Waals surface area contributed by atoms with Crippen molar-refractivity contribution in [1.82, 2.24) is 14.7 Å². The third-order valence-corrected chi connectivity index (χ3v) is 6.18. The Morgan fingerprint density at radius 1 is 1.10 bits per heavy atom. The minimum atomic E-state index is -0.773. The molecule has 4 amide bonds. The third-order valence-electron chi connectivity index (χ3n) is 6.18. The van der Waals surface area contributed by atoms with Gasteiger partial charge in [-0.15, -0.1) is 0 Å². The van der Waals surface area contributed by atoms with Gasteiger partial charge >= 0.3 is 6.03 Å². The second-order valence-corrected chi connectivity index (χ2v) is 8.73. The van der Waals surface area contributed by atoms with E-state index in [1.807, 2.05) is 11.8 Å². The molecule has 2 fully saturated rings. The standard InChI is InChI=1S/C23H33N3O3/c1-5-25-21(28)23(26(22(25)29)16-17(2)3)12-14-24(15-13-23)20(27)11-10-19-8-6-18(4)7-9-19/h6-9,17H,5,10-16H2,1-4H3. The van der Waals surface area contributed by atoms with Crippen LogP contribution in [-0.2, 0) is 16.0 Å². The van der Waals surface area contributed by atoms with Crippen LogP contribution < -0.4 is 0 Å². The minimum absolute atomic E-state index is 0.0857. The predicted molar refractivity (Wildman–Crippen MR) is 112 cm³/mol. The van der Waals surface area contributed by atoms with Gasteiger partial charge in [0, 0.05) is 32.6 Å². The summed E-state index contributed by atoms with van der Waals surface area (Å²) in [6, 6.07) is 8.09. The van der Waals surface area contributed by atoms with Crippen molar-refractivity contribution in [2.45, 2.75) is 58.9 Å². The van der Waals surface area contributed by atoms with Gasteiger partial charge in [0.25, 0.3) is 5.91 Å². The number of carbonyl (C=O) groups is 3. The highest BCUT2D eigenvalue weighted by Gasteiger charge is 2.57. The molecule has 2 aliphatic rings. The Balaban J connectivity index is 1.64. The summed E-state index contributed by atoms with van der Waals surface area (Å²) in [4.78, 5) is 43.6. The van der Waals surface area contributed by atoms with Gasteiger partial charge in [-0.25, -0.2) is 4.79 Å². The smallest absolute Gasteiger partial charge is 0.327 e. The third kappa shape index (κ3) is 4.16. The topological polar surface area (TPSA) is 60.9 Å². The average Bonchev–Trinajstić information content (AvgIpc) is 2.88. The number of carbonyl (C=O) groups excluding carboxylic acids is 3. The van der Waals surface area contributed by atoms with Gasteiger partial charge in [-0.05, 0) is 44.6 Å². The number of likely N-dealkylation sites (N-methyl/N-ethyl adjacent to an activating group) is 1. The van der Waals surface area contributed by atoms with Gasteiger partial charge in [0.05, 0.1) is 0 Å². The number of amides is 4. The highest BCUT2D eigenvalue weighted by molar-refractivity contribution is 6.07. The van der Waals surface area contributed by atoms with Crippen LogP contribution in [0.25, 0.3) is 0 Å². The quantitative estimate of drug-likeness (QED) is 0.690. The molecule has 0 radical (unpaired) electrons. The number of urea groups is 1. The van der Waals surface area contributed by atoms with Gasteiger partial charge in [0.2, 0.25) is 5.91 Å². The Morgan fingerprint density at radius 3 is 2.28 bits per heavy atom. The molecule has 2 heterocycles. The van der Waals surface area contributed by atoms with Gasteiger partial charge in [0.15, 0.2) is 0 Å². The normalized spacial score (nSPS) is 19.0. The van der Waals surface area contributed by atoms with Crippen LogP contribution in [0.1, 0.15) is 51.2 Å². The maximum atomic E-state index is 13.1. The first-order valence-electron chi connectivity index (χ1n) is 10.8. The van der Waals surface area contributed by atoms with Crippen molar-refractivity contribution in [3.8, 4) is 0 Å². The van der Waals surface area contributed by atoms with Crippen molar-refractivity contribution < 1.29 is 14.4 Å². The number of hydrogen-bond donors (Lipinski definition) is 0. The maximum Gasteiger partial charge on any atom is 0.327 e. The second kappa shape index (κ2) is 8.56. The van der Waals surface area contributed by atoms with Crippen molar-refractivity contribution in [3.05, 3.63) is 35.4 Å². The number of piperidine rings is 1. The Bertz CT molecular complexity index is 764. The molecular formula is C23H33N3O3. The molecule has 0 atom stereocenters. The summed E-state index contributed by atoms with van der Waals surface area (Å²) in [5, 5.41) is 0. The van der Waals surface area contributed by atoms with Crippen LogP contribution in [0.3, 0.4) is 0 Å². The molecule has 2 aliphatic heterocycles. The number of rotatable bonds is 6. The highest BCUT2D eigenvalue weighted by atomic mass is 16.2. The summed E-state index contributed by atoms with van der Waals surface area (Å²) in [7, 11) is 0. The first-order chi connectivity index (χ1) is 13.8. The summed E-state index contributed by atoms with van der Waals surface area (Å²) in [5.41, 5.74) is 1.60. The number of hydrogen-bond acceptors (Lipinski definition) is 3. The molecule has 158 valence electrons. The van der Waals surface area contributed by atoms with E-state index in [4.69, 9.17) is 0 Å². The number of imide groups is 1. The summed E-state index contributed by atoms with van der Waals surface area (Å²) in [6.45, 7) is 10.0. The van der Waals surface area contributed by atoms with E-state index >= 15 is 0 Å². The first kappa shape index (κ1) is 21.3. The highest BCUT2D eigenvalue weighted by Crippen LogP contribution is 2.38. The van der Waals surface area contributed by atoms with Gasteiger partial charge in [0.1, 0.15) is 5.54 Å². The molecule has 3 rings (SSSR count). The Kier molecular flexibility index (Phi) is 6.30. The Hall–Kier alpha value is -2.37. The zero-order valence-electron chi connectivity index (χ0n) is 18.1.